The number of ether oxygens (including phenoxy) is 2. The molecule has 132 valence electrons. The molecule has 0 saturated carbocycles. The number of halogens is 1. The van der Waals surface area contributed by atoms with Gasteiger partial charge in [0.05, 0.1) is 18.4 Å². The summed E-state index contributed by atoms with van der Waals surface area (Å²) in [5.41, 5.74) is 1.14. The topological polar surface area (TPSA) is 65.4 Å². The van der Waals surface area contributed by atoms with Crippen LogP contribution in [0.1, 0.15) is 10.4 Å². The molecule has 2 aromatic carbocycles. The number of hydrogen-bond donors (Lipinski definition) is 1. The Morgan fingerprint density at radius 2 is 1.96 bits per heavy atom. The van der Waals surface area contributed by atoms with Crippen LogP contribution in [0.3, 0.4) is 0 Å². The van der Waals surface area contributed by atoms with E-state index >= 15 is 0 Å². The Balaban J connectivity index is 1.38. The highest BCUT2D eigenvalue weighted by molar-refractivity contribution is 6.30. The van der Waals surface area contributed by atoms with E-state index < -0.39 is 0 Å². The summed E-state index contributed by atoms with van der Waals surface area (Å²) >= 11 is 5.84. The van der Waals surface area contributed by atoms with Crippen LogP contribution in [0.2, 0.25) is 5.02 Å². The summed E-state index contributed by atoms with van der Waals surface area (Å²) in [5.74, 6) is 1.26. The Labute approximate surface area is 155 Å². The number of para-hydroxylation sites is 2. The average Bonchev–Trinajstić information content (AvgIpc) is 3.09. The lowest BCUT2D eigenvalue weighted by molar-refractivity contribution is 0.0759. The van der Waals surface area contributed by atoms with Crippen LogP contribution in [0, 0.1) is 0 Å². The van der Waals surface area contributed by atoms with Crippen molar-refractivity contribution in [1.82, 2.24) is 9.78 Å². The summed E-state index contributed by atoms with van der Waals surface area (Å²) in [6.45, 7) is 0.967. The number of nitrogens with zero attached hydrogens (tertiary/aromatic N) is 2. The van der Waals surface area contributed by atoms with E-state index in [1.165, 1.54) is 0 Å². The van der Waals surface area contributed by atoms with Crippen molar-refractivity contribution in [3.63, 3.8) is 0 Å². The van der Waals surface area contributed by atoms with E-state index in [-0.39, 0.29) is 12.0 Å². The van der Waals surface area contributed by atoms with Gasteiger partial charge in [-0.3, -0.25) is 9.48 Å². The van der Waals surface area contributed by atoms with E-state index in [4.69, 9.17) is 21.1 Å². The third kappa shape index (κ3) is 3.65. The number of rotatable bonds is 4. The van der Waals surface area contributed by atoms with Gasteiger partial charge in [-0.25, -0.2) is 0 Å². The second-order valence-corrected chi connectivity index (χ2v) is 6.35. The first-order valence-electron chi connectivity index (χ1n) is 8.15. The number of carbonyl (C=O) groups is 1. The lowest BCUT2D eigenvalue weighted by Crippen LogP contribution is -2.33. The largest absolute Gasteiger partial charge is 0.486 e. The van der Waals surface area contributed by atoms with Gasteiger partial charge in [-0.1, -0.05) is 23.7 Å². The van der Waals surface area contributed by atoms with Gasteiger partial charge in [0, 0.05) is 16.8 Å². The molecular formula is C19H16ClN3O3. The lowest BCUT2D eigenvalue weighted by atomic mass is 10.2. The maximum Gasteiger partial charge on any atom is 0.255 e. The summed E-state index contributed by atoms with van der Waals surface area (Å²) in [7, 11) is 0. The molecule has 3 aromatic rings. The van der Waals surface area contributed by atoms with Crippen molar-refractivity contribution in [2.75, 3.05) is 11.9 Å². The molecule has 0 bridgehead atoms. The van der Waals surface area contributed by atoms with Crippen molar-refractivity contribution >= 4 is 23.2 Å². The molecule has 1 aliphatic heterocycles. The summed E-state index contributed by atoms with van der Waals surface area (Å²) < 4.78 is 13.3. The Morgan fingerprint density at radius 3 is 2.77 bits per heavy atom. The maximum atomic E-state index is 12.2. The minimum Gasteiger partial charge on any atom is -0.486 e. The third-order valence-corrected chi connectivity index (χ3v) is 4.21. The normalized spacial score (nSPS) is 15.5. The van der Waals surface area contributed by atoms with Crippen LogP contribution >= 0.6 is 11.6 Å². The summed E-state index contributed by atoms with van der Waals surface area (Å²) in [6.07, 6.45) is 3.22. The zero-order valence-electron chi connectivity index (χ0n) is 13.8. The molecule has 1 aromatic heterocycles. The smallest absolute Gasteiger partial charge is 0.255 e. The van der Waals surface area contributed by atoms with Gasteiger partial charge in [0.25, 0.3) is 5.91 Å². The van der Waals surface area contributed by atoms with E-state index in [0.717, 1.165) is 11.5 Å². The fourth-order valence-electron chi connectivity index (χ4n) is 2.69. The molecule has 0 aliphatic carbocycles. The molecule has 0 radical (unpaired) electrons. The molecule has 4 rings (SSSR count). The molecule has 6 nitrogen and oxygen atoms in total. The number of hydrogen-bond acceptors (Lipinski definition) is 4. The first kappa shape index (κ1) is 16.5. The molecule has 1 unspecified atom stereocenters. The van der Waals surface area contributed by atoms with E-state index in [9.17, 15) is 4.79 Å². The predicted molar refractivity (Wildman–Crippen MR) is 98.0 cm³/mol. The van der Waals surface area contributed by atoms with Crippen molar-refractivity contribution in [1.29, 1.82) is 0 Å². The van der Waals surface area contributed by atoms with Crippen molar-refractivity contribution in [2.45, 2.75) is 12.6 Å². The van der Waals surface area contributed by atoms with Crippen LogP contribution in [0.5, 0.6) is 11.5 Å². The zero-order chi connectivity index (χ0) is 17.9. The monoisotopic (exact) mass is 369 g/mol. The highest BCUT2D eigenvalue weighted by Crippen LogP contribution is 2.31. The summed E-state index contributed by atoms with van der Waals surface area (Å²) in [5, 5.41) is 7.67. The molecule has 0 saturated heterocycles. The molecule has 1 N–H and O–H groups in total. The minimum absolute atomic E-state index is 0.149. The Kier molecular flexibility index (Phi) is 4.50. The van der Waals surface area contributed by atoms with Crippen molar-refractivity contribution in [2.24, 2.45) is 0 Å². The van der Waals surface area contributed by atoms with Gasteiger partial charge in [-0.2, -0.15) is 5.10 Å². The van der Waals surface area contributed by atoms with E-state index in [0.29, 0.717) is 29.4 Å². The molecule has 0 spiro atoms. The number of anilines is 1. The number of benzene rings is 2. The molecule has 0 fully saturated rings. The molecular weight excluding hydrogens is 354 g/mol. The van der Waals surface area contributed by atoms with Gasteiger partial charge in [-0.05, 0) is 36.4 Å². The lowest BCUT2D eigenvalue weighted by Gasteiger charge is -2.26. The Hall–Kier alpha value is -2.99. The second kappa shape index (κ2) is 7.09. The second-order valence-electron chi connectivity index (χ2n) is 5.91. The van der Waals surface area contributed by atoms with Gasteiger partial charge in [-0.15, -0.1) is 0 Å². The number of aromatic nitrogens is 2. The molecule has 2 heterocycles. The van der Waals surface area contributed by atoms with Gasteiger partial charge < -0.3 is 14.8 Å². The fourth-order valence-corrected chi connectivity index (χ4v) is 2.82. The van der Waals surface area contributed by atoms with Crippen LogP contribution in [-0.2, 0) is 6.54 Å². The third-order valence-electron chi connectivity index (χ3n) is 3.96. The number of nitrogens with one attached hydrogen (secondary N) is 1. The van der Waals surface area contributed by atoms with Crippen molar-refractivity contribution in [3.05, 3.63) is 71.5 Å². The first-order chi connectivity index (χ1) is 12.7. The van der Waals surface area contributed by atoms with E-state index in [1.54, 1.807) is 41.3 Å². The SMILES string of the molecule is O=C(Nc1cnn(CC2COc3ccccc3O2)c1)c1ccc(Cl)cc1. The standard InChI is InChI=1S/C19H16ClN3O3/c20-14-7-5-13(6-8-14)19(24)22-15-9-21-23(10-15)11-16-12-25-17-3-1-2-4-18(17)26-16/h1-10,16H,11-12H2,(H,22,24). The highest BCUT2D eigenvalue weighted by atomic mass is 35.5. The fraction of sp³-hybridized carbons (Fsp3) is 0.158. The number of carbonyl (C=O) groups excluding carboxylic acids is 1. The minimum atomic E-state index is -0.215. The molecule has 1 aliphatic rings. The van der Waals surface area contributed by atoms with Crippen molar-refractivity contribution < 1.29 is 14.3 Å². The Morgan fingerprint density at radius 1 is 1.19 bits per heavy atom. The van der Waals surface area contributed by atoms with Gasteiger partial charge in [0.1, 0.15) is 6.61 Å². The van der Waals surface area contributed by atoms with Crippen LogP contribution in [0.25, 0.3) is 0 Å². The van der Waals surface area contributed by atoms with Crippen LogP contribution in [0.15, 0.2) is 60.9 Å². The molecule has 7 heteroatoms. The van der Waals surface area contributed by atoms with Gasteiger partial charge >= 0.3 is 0 Å². The average molecular weight is 370 g/mol. The van der Waals surface area contributed by atoms with Gasteiger partial charge in [0.2, 0.25) is 0 Å². The summed E-state index contributed by atoms with van der Waals surface area (Å²) in [6, 6.07) is 14.3. The van der Waals surface area contributed by atoms with Crippen LogP contribution in [0.4, 0.5) is 5.69 Å². The summed E-state index contributed by atoms with van der Waals surface area (Å²) in [4.78, 5) is 12.2. The number of fused-ring (bicyclic) bond motifs is 1. The van der Waals surface area contributed by atoms with Crippen LogP contribution < -0.4 is 14.8 Å². The zero-order valence-corrected chi connectivity index (χ0v) is 14.5. The maximum absolute atomic E-state index is 12.2. The van der Waals surface area contributed by atoms with E-state index in [1.807, 2.05) is 24.3 Å². The molecule has 1 amide bonds. The first-order valence-corrected chi connectivity index (χ1v) is 8.53. The van der Waals surface area contributed by atoms with Crippen LogP contribution in [-0.4, -0.2) is 28.4 Å². The van der Waals surface area contributed by atoms with Gasteiger partial charge in [0.15, 0.2) is 17.6 Å². The van der Waals surface area contributed by atoms with Crippen molar-refractivity contribution in [3.8, 4) is 11.5 Å². The Bertz CT molecular complexity index is 924. The van der Waals surface area contributed by atoms with E-state index in [2.05, 4.69) is 10.4 Å². The molecule has 1 atom stereocenters. The number of amides is 1. The highest BCUT2D eigenvalue weighted by Gasteiger charge is 2.21. The molecule has 26 heavy (non-hydrogen) atoms. The predicted octanol–water partition coefficient (Wildman–Crippen LogP) is 3.63. The quantitative estimate of drug-likeness (QED) is 0.762.